The number of carbonyl (C=O) groups excluding carboxylic acids is 1. The van der Waals surface area contributed by atoms with Crippen LogP contribution in [0.2, 0.25) is 5.02 Å². The van der Waals surface area contributed by atoms with E-state index < -0.39 is 5.97 Å². The van der Waals surface area contributed by atoms with Crippen molar-refractivity contribution in [3.8, 4) is 28.3 Å². The van der Waals surface area contributed by atoms with Crippen molar-refractivity contribution in [1.29, 1.82) is 0 Å². The summed E-state index contributed by atoms with van der Waals surface area (Å²) in [4.78, 5) is 39.6. The summed E-state index contributed by atoms with van der Waals surface area (Å²) in [6.07, 6.45) is 7.41. The zero-order chi connectivity index (χ0) is 30.4. The van der Waals surface area contributed by atoms with Gasteiger partial charge in [-0.05, 0) is 73.2 Å². The minimum absolute atomic E-state index is 0.223. The number of nitrogens with zero attached hydrogens (tertiary/aromatic N) is 5. The van der Waals surface area contributed by atoms with E-state index in [1.807, 2.05) is 23.6 Å². The van der Waals surface area contributed by atoms with Crippen LogP contribution in [-0.4, -0.2) is 31.8 Å². The molecule has 222 valence electrons. The van der Waals surface area contributed by atoms with Gasteiger partial charge in [-0.2, -0.15) is 5.10 Å². The van der Waals surface area contributed by atoms with Gasteiger partial charge in [0.2, 0.25) is 0 Å². The van der Waals surface area contributed by atoms with Crippen molar-refractivity contribution in [3.05, 3.63) is 103 Å². The van der Waals surface area contributed by atoms with Crippen molar-refractivity contribution in [3.63, 3.8) is 0 Å². The van der Waals surface area contributed by atoms with Gasteiger partial charge in [0, 0.05) is 34.0 Å². The number of H-pyrrole nitrogens is 1. The van der Waals surface area contributed by atoms with Crippen LogP contribution in [0.25, 0.3) is 22.5 Å². The Morgan fingerprint density at radius 1 is 1.16 bits per heavy atom. The SMILES string of the molecule is N/N=C\N(N)c1ccc(Cl)cc1-c1cc(=O)n2c(n1)CC[C@H]2c1ncc(-c2csc(C(=O)Oc3ccc4c(c3)CCC4)c2)[nH]1. The van der Waals surface area contributed by atoms with Gasteiger partial charge in [-0.15, -0.1) is 11.3 Å². The van der Waals surface area contributed by atoms with E-state index in [1.165, 1.54) is 39.9 Å². The molecule has 1 aliphatic heterocycles. The fourth-order valence-corrected chi connectivity index (χ4v) is 6.87. The summed E-state index contributed by atoms with van der Waals surface area (Å²) in [6.45, 7) is 0. The fraction of sp³-hybridized carbons (Fsp3) is 0.194. The monoisotopic (exact) mass is 626 g/mol. The molecule has 11 nitrogen and oxygen atoms in total. The van der Waals surface area contributed by atoms with Crippen molar-refractivity contribution in [2.45, 2.75) is 38.1 Å². The highest BCUT2D eigenvalue weighted by Crippen LogP contribution is 2.35. The summed E-state index contributed by atoms with van der Waals surface area (Å²) >= 11 is 7.58. The molecule has 3 aromatic heterocycles. The van der Waals surface area contributed by atoms with E-state index in [2.05, 4.69) is 15.1 Å². The van der Waals surface area contributed by atoms with Crippen LogP contribution in [0.5, 0.6) is 5.75 Å². The van der Waals surface area contributed by atoms with Gasteiger partial charge in [0.1, 0.15) is 28.6 Å². The lowest BCUT2D eigenvalue weighted by Gasteiger charge is -2.18. The Hall–Kier alpha value is -4.78. The van der Waals surface area contributed by atoms with Gasteiger partial charge < -0.3 is 15.6 Å². The molecule has 0 saturated carbocycles. The summed E-state index contributed by atoms with van der Waals surface area (Å²) in [5.41, 5.74) is 5.47. The quantitative estimate of drug-likeness (QED) is 0.0578. The Morgan fingerprint density at radius 2 is 2.02 bits per heavy atom. The first-order valence-electron chi connectivity index (χ1n) is 14.1. The lowest BCUT2D eigenvalue weighted by Crippen LogP contribution is -2.30. The van der Waals surface area contributed by atoms with Crippen LogP contribution in [0.1, 0.15) is 51.3 Å². The summed E-state index contributed by atoms with van der Waals surface area (Å²) in [6, 6.07) is 13.9. The number of hydrogen-bond donors (Lipinski definition) is 3. The van der Waals surface area contributed by atoms with Gasteiger partial charge in [0.05, 0.1) is 29.3 Å². The zero-order valence-corrected chi connectivity index (χ0v) is 24.9. The average molecular weight is 627 g/mol. The molecule has 1 aliphatic carbocycles. The van der Waals surface area contributed by atoms with E-state index in [9.17, 15) is 9.59 Å². The van der Waals surface area contributed by atoms with Gasteiger partial charge >= 0.3 is 5.97 Å². The minimum atomic E-state index is -0.395. The number of fused-ring (bicyclic) bond motifs is 2. The predicted octanol–water partition coefficient (Wildman–Crippen LogP) is 4.84. The summed E-state index contributed by atoms with van der Waals surface area (Å²) in [7, 11) is 0. The molecular formula is C31H27ClN8O3S. The van der Waals surface area contributed by atoms with Gasteiger partial charge in [0.15, 0.2) is 0 Å². The van der Waals surface area contributed by atoms with E-state index in [4.69, 9.17) is 33.0 Å². The van der Waals surface area contributed by atoms with E-state index in [-0.39, 0.29) is 11.6 Å². The molecule has 4 heterocycles. The number of nitrogens with one attached hydrogen (secondary N) is 1. The number of aromatic amines is 1. The molecule has 44 heavy (non-hydrogen) atoms. The van der Waals surface area contributed by atoms with Crippen LogP contribution in [-0.2, 0) is 19.3 Å². The molecule has 7 rings (SSSR count). The number of aromatic nitrogens is 4. The van der Waals surface area contributed by atoms with Gasteiger partial charge in [-0.25, -0.2) is 20.6 Å². The smallest absolute Gasteiger partial charge is 0.353 e. The highest BCUT2D eigenvalue weighted by molar-refractivity contribution is 7.12. The normalized spacial score (nSPS) is 15.5. The van der Waals surface area contributed by atoms with Gasteiger partial charge in [-0.3, -0.25) is 14.4 Å². The average Bonchev–Trinajstić information content (AvgIpc) is 3.82. The van der Waals surface area contributed by atoms with E-state index in [0.29, 0.717) is 57.1 Å². The first-order chi connectivity index (χ1) is 21.4. The number of halogens is 1. The number of carbonyl (C=O) groups is 1. The number of imidazole rings is 1. The standard InChI is InChI=1S/C31H27ClN8O3S/c32-20-5-7-25(39(34)16-36-33)22(12-20)23-13-29(41)40-26(8-9-28(40)37-23)30-35-14-24(38-30)19-11-27(44-15-19)31(42)43-21-6-4-17-2-1-3-18(17)10-21/h4-7,10-16,26H,1-3,8-9,33-34H2,(H,35,38)/b36-16-/t26-/m0/s1. The maximum Gasteiger partial charge on any atom is 0.353 e. The zero-order valence-electron chi connectivity index (χ0n) is 23.4. The molecule has 0 radical (unpaired) electrons. The Morgan fingerprint density at radius 3 is 2.89 bits per heavy atom. The maximum absolute atomic E-state index is 13.5. The van der Waals surface area contributed by atoms with Crippen molar-refractivity contribution >= 4 is 40.9 Å². The van der Waals surface area contributed by atoms with Crippen LogP contribution >= 0.6 is 22.9 Å². The fourth-order valence-electron chi connectivity index (χ4n) is 5.92. The molecule has 0 unspecified atom stereocenters. The molecule has 0 saturated heterocycles. The molecule has 2 aliphatic rings. The number of hydrogen-bond acceptors (Lipinski definition) is 9. The number of hydrazine groups is 1. The molecule has 0 bridgehead atoms. The summed E-state index contributed by atoms with van der Waals surface area (Å²) in [5.74, 6) is 12.8. The van der Waals surface area contributed by atoms with Crippen LogP contribution in [0.15, 0.2) is 70.0 Å². The highest BCUT2D eigenvalue weighted by Gasteiger charge is 2.29. The van der Waals surface area contributed by atoms with Gasteiger partial charge in [0.25, 0.3) is 5.56 Å². The Kier molecular flexibility index (Phi) is 7.24. The number of hydrazone groups is 1. The molecule has 13 heteroatoms. The largest absolute Gasteiger partial charge is 0.422 e. The second kappa shape index (κ2) is 11.4. The van der Waals surface area contributed by atoms with Crippen molar-refractivity contribution < 1.29 is 9.53 Å². The third-order valence-electron chi connectivity index (χ3n) is 7.99. The van der Waals surface area contributed by atoms with E-state index >= 15 is 0 Å². The Balaban J connectivity index is 1.12. The first-order valence-corrected chi connectivity index (χ1v) is 15.3. The lowest BCUT2D eigenvalue weighted by molar-refractivity contribution is 0.0739. The van der Waals surface area contributed by atoms with Crippen molar-refractivity contribution in [1.82, 2.24) is 19.5 Å². The molecule has 0 amide bonds. The number of benzene rings is 2. The number of aryl methyl sites for hydroxylation is 3. The molecule has 0 spiro atoms. The number of ether oxygens (including phenoxy) is 1. The molecular weight excluding hydrogens is 600 g/mol. The topological polar surface area (TPSA) is 158 Å². The van der Waals surface area contributed by atoms with E-state index in [0.717, 1.165) is 30.5 Å². The number of esters is 1. The molecule has 1 atom stereocenters. The number of thiophene rings is 1. The second-order valence-corrected chi connectivity index (χ2v) is 12.1. The highest BCUT2D eigenvalue weighted by atomic mass is 35.5. The van der Waals surface area contributed by atoms with Crippen LogP contribution < -0.4 is 27.0 Å². The lowest BCUT2D eigenvalue weighted by atomic mass is 10.1. The van der Waals surface area contributed by atoms with Crippen LogP contribution in [0, 0.1) is 0 Å². The molecule has 0 fully saturated rings. The second-order valence-electron chi connectivity index (χ2n) is 10.7. The first kappa shape index (κ1) is 28.0. The van der Waals surface area contributed by atoms with Crippen molar-refractivity contribution in [2.75, 3.05) is 5.01 Å². The van der Waals surface area contributed by atoms with E-state index in [1.54, 1.807) is 35.0 Å². The summed E-state index contributed by atoms with van der Waals surface area (Å²) < 4.78 is 7.32. The number of anilines is 1. The van der Waals surface area contributed by atoms with Crippen LogP contribution in [0.3, 0.4) is 0 Å². The molecule has 5 aromatic rings. The third kappa shape index (κ3) is 5.17. The Labute approximate surface area is 260 Å². The summed E-state index contributed by atoms with van der Waals surface area (Å²) in [5, 5.41) is 7.07. The van der Waals surface area contributed by atoms with Crippen molar-refractivity contribution in [2.24, 2.45) is 16.8 Å². The minimum Gasteiger partial charge on any atom is -0.422 e. The maximum atomic E-state index is 13.5. The molecule has 5 N–H and O–H groups in total. The van der Waals surface area contributed by atoms with Gasteiger partial charge in [-0.1, -0.05) is 17.7 Å². The number of nitrogens with two attached hydrogens (primary N) is 2. The molecule has 2 aromatic carbocycles. The third-order valence-corrected chi connectivity index (χ3v) is 9.13. The number of rotatable bonds is 7. The predicted molar refractivity (Wildman–Crippen MR) is 170 cm³/mol. The Bertz CT molecular complexity index is 2000. The van der Waals surface area contributed by atoms with Crippen LogP contribution in [0.4, 0.5) is 5.69 Å².